The fourth-order valence-electron chi connectivity index (χ4n) is 5.47. The lowest BCUT2D eigenvalue weighted by molar-refractivity contribution is -0.367. The van der Waals surface area contributed by atoms with E-state index in [1.54, 1.807) is 13.4 Å². The molecule has 0 radical (unpaired) electrons. The molecule has 12 heteroatoms. The van der Waals surface area contributed by atoms with Crippen molar-refractivity contribution >= 4 is 56.5 Å². The van der Waals surface area contributed by atoms with Crippen molar-refractivity contribution in [2.24, 2.45) is 0 Å². The maximum absolute atomic E-state index is 6.18. The Hall–Kier alpha value is -3.87. The smallest absolute Gasteiger partial charge is 0.234 e. The summed E-state index contributed by atoms with van der Waals surface area (Å²) in [5.41, 5.74) is 9.25. The minimum absolute atomic E-state index is 0.621. The van der Waals surface area contributed by atoms with E-state index in [0.29, 0.717) is 17.5 Å². The van der Waals surface area contributed by atoms with Crippen LogP contribution < -0.4 is 30.4 Å². The van der Waals surface area contributed by atoms with Crippen LogP contribution in [-0.2, 0) is 4.74 Å². The van der Waals surface area contributed by atoms with Crippen molar-refractivity contribution in [1.82, 2.24) is 19.8 Å². The summed E-state index contributed by atoms with van der Waals surface area (Å²) in [6.45, 7) is 8.43. The topological polar surface area (TPSA) is 118 Å². The average Bonchev–Trinajstić information content (AvgIpc) is 3.38. The molecule has 2 aromatic carbocycles. The number of nitrogens with zero attached hydrogens (tertiary/aromatic N) is 4. The van der Waals surface area contributed by atoms with Gasteiger partial charge in [0.1, 0.15) is 5.39 Å². The number of aromatic nitrogens is 3. The van der Waals surface area contributed by atoms with Crippen molar-refractivity contribution in [2.75, 3.05) is 88.7 Å². The van der Waals surface area contributed by atoms with E-state index in [2.05, 4.69) is 35.0 Å². The van der Waals surface area contributed by atoms with Crippen LogP contribution in [0.15, 0.2) is 42.7 Å². The molecule has 0 spiro atoms. The van der Waals surface area contributed by atoms with Crippen molar-refractivity contribution in [1.29, 1.82) is 0 Å². The van der Waals surface area contributed by atoms with Crippen molar-refractivity contribution in [3.05, 3.63) is 42.7 Å². The van der Waals surface area contributed by atoms with Crippen LogP contribution >= 0.6 is 12.2 Å². The minimum atomic E-state index is 0.621. The number of thiocarbonyl (C=S) groups is 1. The van der Waals surface area contributed by atoms with Gasteiger partial charge in [0.25, 0.3) is 0 Å². The van der Waals surface area contributed by atoms with Gasteiger partial charge in [-0.3, -0.25) is 9.80 Å². The van der Waals surface area contributed by atoms with E-state index in [0.717, 1.165) is 110 Å². The van der Waals surface area contributed by atoms with E-state index in [-0.39, 0.29) is 0 Å². The molecule has 0 bridgehead atoms. The van der Waals surface area contributed by atoms with Crippen LogP contribution in [0, 0.1) is 0 Å². The van der Waals surface area contributed by atoms with E-state index < -0.39 is 0 Å². The van der Waals surface area contributed by atoms with E-state index in [9.17, 15) is 0 Å². The van der Waals surface area contributed by atoms with Crippen LogP contribution in [0.4, 0.5) is 17.2 Å². The molecule has 6 rings (SSSR count). The quantitative estimate of drug-likeness (QED) is 0.164. The number of nitrogens with one attached hydrogen (secondary N) is 3. The third-order valence-electron chi connectivity index (χ3n) is 7.72. The number of nitrogen functional groups attached to an aromatic ring is 1. The Balaban J connectivity index is 1.15. The molecule has 2 aromatic heterocycles. The first-order valence-corrected chi connectivity index (χ1v) is 14.5. The monoisotopic (exact) mass is 577 g/mol. The van der Waals surface area contributed by atoms with Gasteiger partial charge in [0, 0.05) is 42.5 Å². The van der Waals surface area contributed by atoms with Crippen LogP contribution in [0.3, 0.4) is 0 Å². The van der Waals surface area contributed by atoms with Gasteiger partial charge in [0.2, 0.25) is 17.8 Å². The van der Waals surface area contributed by atoms with Crippen LogP contribution in [0.1, 0.15) is 6.42 Å². The van der Waals surface area contributed by atoms with Crippen LogP contribution in [0.5, 0.6) is 11.5 Å². The Morgan fingerprint density at radius 1 is 1.10 bits per heavy atom. The number of nitrogens with two attached hydrogens (primary N) is 1. The number of hydrogen-bond acceptors (Lipinski definition) is 8. The SMILES string of the molecule is COc1cc2c(cc1OCCCN1CCOCC1)[nH]c1nc[nH+]c(N3CCN(C(=S)Nc4ccc(N)cc4)CC3)c12. The molecular formula is C29H37N8O3S+. The third kappa shape index (κ3) is 6.09. The second-order valence-corrected chi connectivity index (χ2v) is 10.7. The molecule has 0 unspecified atom stereocenters. The summed E-state index contributed by atoms with van der Waals surface area (Å²) in [5, 5.41) is 6.12. The van der Waals surface area contributed by atoms with E-state index in [4.69, 9.17) is 32.2 Å². The molecule has 0 amide bonds. The lowest BCUT2D eigenvalue weighted by atomic mass is 10.1. The fourth-order valence-corrected chi connectivity index (χ4v) is 5.77. The molecule has 41 heavy (non-hydrogen) atoms. The third-order valence-corrected chi connectivity index (χ3v) is 8.08. The zero-order valence-electron chi connectivity index (χ0n) is 23.3. The Morgan fingerprint density at radius 2 is 1.88 bits per heavy atom. The van der Waals surface area contributed by atoms with Crippen molar-refractivity contribution < 1.29 is 19.2 Å². The highest BCUT2D eigenvalue weighted by Gasteiger charge is 2.27. The highest BCUT2D eigenvalue weighted by atomic mass is 32.1. The Morgan fingerprint density at radius 3 is 2.63 bits per heavy atom. The first-order chi connectivity index (χ1) is 20.1. The molecular weight excluding hydrogens is 540 g/mol. The Kier molecular flexibility index (Phi) is 8.21. The fraction of sp³-hybridized carbons (Fsp3) is 0.414. The van der Waals surface area contributed by atoms with E-state index >= 15 is 0 Å². The van der Waals surface area contributed by atoms with Gasteiger partial charge in [-0.1, -0.05) is 4.98 Å². The molecule has 2 fully saturated rings. The minimum Gasteiger partial charge on any atom is -0.493 e. The molecule has 0 atom stereocenters. The maximum atomic E-state index is 6.18. The molecule has 2 saturated heterocycles. The molecule has 11 nitrogen and oxygen atoms in total. The highest BCUT2D eigenvalue weighted by Crippen LogP contribution is 2.38. The van der Waals surface area contributed by atoms with Gasteiger partial charge in [-0.05, 0) is 49.0 Å². The number of piperazine rings is 1. The molecule has 0 saturated carbocycles. The van der Waals surface area contributed by atoms with Gasteiger partial charge >= 0.3 is 0 Å². The molecule has 4 aromatic rings. The summed E-state index contributed by atoms with van der Waals surface area (Å²) in [4.78, 5) is 18.4. The molecule has 4 heterocycles. The standard InChI is InChI=1S/C29H36N8O3S/c1-38-24-17-22-23(18-25(24)40-14-2-7-35-12-15-39-16-13-35)34-27-26(22)28(32-19-31-27)36-8-10-37(11-9-36)29(41)33-21-5-3-20(30)4-6-21/h3-6,17-19H,2,7-16,30H2,1H3,(H,33,41)(H,31,32,34)/p+1. The van der Waals surface area contributed by atoms with Gasteiger partial charge in [-0.15, -0.1) is 0 Å². The average molecular weight is 578 g/mol. The Bertz CT molecular complexity index is 1500. The number of ether oxygens (including phenoxy) is 3. The van der Waals surface area contributed by atoms with Gasteiger partial charge in [-0.2, -0.15) is 0 Å². The van der Waals surface area contributed by atoms with E-state index in [1.165, 1.54) is 0 Å². The first kappa shape index (κ1) is 27.3. The summed E-state index contributed by atoms with van der Waals surface area (Å²) >= 11 is 5.69. The van der Waals surface area contributed by atoms with Crippen LogP contribution in [-0.4, -0.2) is 97.6 Å². The predicted molar refractivity (Wildman–Crippen MR) is 165 cm³/mol. The number of methoxy groups -OCH3 is 1. The number of fused-ring (bicyclic) bond motifs is 3. The summed E-state index contributed by atoms with van der Waals surface area (Å²) in [6.07, 6.45) is 2.69. The number of rotatable bonds is 8. The largest absolute Gasteiger partial charge is 0.493 e. The summed E-state index contributed by atoms with van der Waals surface area (Å²) in [6, 6.07) is 11.7. The number of anilines is 3. The predicted octanol–water partition coefficient (Wildman–Crippen LogP) is 2.74. The zero-order chi connectivity index (χ0) is 28.2. The summed E-state index contributed by atoms with van der Waals surface area (Å²) in [7, 11) is 1.68. The Labute approximate surface area is 244 Å². The molecule has 216 valence electrons. The maximum Gasteiger partial charge on any atom is 0.234 e. The van der Waals surface area contributed by atoms with Crippen molar-refractivity contribution in [3.8, 4) is 11.5 Å². The van der Waals surface area contributed by atoms with Gasteiger partial charge in [0.15, 0.2) is 16.6 Å². The number of benzene rings is 2. The highest BCUT2D eigenvalue weighted by molar-refractivity contribution is 7.80. The summed E-state index contributed by atoms with van der Waals surface area (Å²) < 4.78 is 17.4. The van der Waals surface area contributed by atoms with Gasteiger partial charge < -0.3 is 35.1 Å². The van der Waals surface area contributed by atoms with Crippen molar-refractivity contribution in [3.63, 3.8) is 0 Å². The number of morpholine rings is 1. The molecule has 2 aliphatic rings. The molecule has 5 N–H and O–H groups in total. The second-order valence-electron chi connectivity index (χ2n) is 10.3. The van der Waals surface area contributed by atoms with Gasteiger partial charge in [-0.25, -0.2) is 4.98 Å². The van der Waals surface area contributed by atoms with Crippen LogP contribution in [0.25, 0.3) is 21.9 Å². The lowest BCUT2D eigenvalue weighted by Crippen LogP contribution is -2.51. The number of H-pyrrole nitrogens is 2. The molecule has 2 aliphatic heterocycles. The lowest BCUT2D eigenvalue weighted by Gasteiger charge is -2.34. The second kappa shape index (κ2) is 12.3. The van der Waals surface area contributed by atoms with E-state index in [1.807, 2.05) is 36.4 Å². The zero-order valence-corrected chi connectivity index (χ0v) is 24.1. The molecule has 0 aliphatic carbocycles. The van der Waals surface area contributed by atoms with Gasteiger partial charge in [0.05, 0.1) is 58.6 Å². The first-order valence-electron chi connectivity index (χ1n) is 14.1. The summed E-state index contributed by atoms with van der Waals surface area (Å²) in [5.74, 6) is 2.47. The van der Waals surface area contributed by atoms with Crippen molar-refractivity contribution in [2.45, 2.75) is 6.42 Å². The number of aromatic amines is 2. The normalized spacial score (nSPS) is 16.3. The number of hydrogen-bond donors (Lipinski definition) is 3. The van der Waals surface area contributed by atoms with Crippen LogP contribution in [0.2, 0.25) is 0 Å².